The summed E-state index contributed by atoms with van der Waals surface area (Å²) < 4.78 is 0. The molecule has 5 rings (SSSR count). The fourth-order valence-corrected chi connectivity index (χ4v) is 3.54. The normalized spacial score (nSPS) is 11.1. The van der Waals surface area contributed by atoms with E-state index in [0.717, 1.165) is 0 Å². The summed E-state index contributed by atoms with van der Waals surface area (Å²) in [6, 6.07) is 4.99. The second kappa shape index (κ2) is 14.6. The number of fused-ring (bicyclic) bond motifs is 2. The van der Waals surface area contributed by atoms with E-state index in [-0.39, 0.29) is 72.4 Å². The summed E-state index contributed by atoms with van der Waals surface area (Å²) >= 11 is 0. The molecule has 218 valence electrons. The number of aromatic nitrogens is 8. The number of carboxylic acids is 2. The van der Waals surface area contributed by atoms with E-state index in [0.29, 0.717) is 34.6 Å². The summed E-state index contributed by atoms with van der Waals surface area (Å²) in [5, 5.41) is 23.3. The van der Waals surface area contributed by atoms with E-state index in [4.69, 9.17) is 21.7 Å². The summed E-state index contributed by atoms with van der Waals surface area (Å²) in [7, 11) is 0. The van der Waals surface area contributed by atoms with E-state index in [1.807, 2.05) is 0 Å². The third-order valence-electron chi connectivity index (χ3n) is 5.60. The molecular weight excluding hydrogens is 575 g/mol. The Balaban J connectivity index is 0.000000474. The Morgan fingerprint density at radius 2 is 1.65 bits per heavy atom. The Morgan fingerprint density at radius 3 is 2.30 bits per heavy atom. The number of carbonyl (C=O) groups is 3. The number of amides is 1. The largest absolute Gasteiger partial charge is 1.00 e. The molecule has 1 aromatic carbocycles. The smallest absolute Gasteiger partial charge is 1.00 e. The van der Waals surface area contributed by atoms with Crippen LogP contribution in [0.2, 0.25) is 0 Å². The third kappa shape index (κ3) is 8.64. The van der Waals surface area contributed by atoms with Crippen LogP contribution < -0.4 is 57.2 Å². The Morgan fingerprint density at radius 1 is 0.953 bits per heavy atom. The number of nitrogens with one attached hydrogen (secondary N) is 4. The zero-order chi connectivity index (χ0) is 30.2. The van der Waals surface area contributed by atoms with Crippen LogP contribution in [0.4, 0.5) is 17.5 Å². The van der Waals surface area contributed by atoms with Crippen molar-refractivity contribution < 1.29 is 55.6 Å². The van der Waals surface area contributed by atoms with Gasteiger partial charge in [-0.3, -0.25) is 14.4 Å². The number of hydrogen-bond donors (Lipinski definition) is 8. The molecule has 19 heteroatoms. The van der Waals surface area contributed by atoms with E-state index >= 15 is 0 Å². The van der Waals surface area contributed by atoms with Gasteiger partial charge in [-0.2, -0.15) is 9.97 Å². The molecule has 0 radical (unpaired) electrons. The Labute approximate surface area is 264 Å². The number of carbonyl (C=O) groups excluding carboxylic acids is 1. The van der Waals surface area contributed by atoms with Crippen molar-refractivity contribution in [3.63, 3.8) is 0 Å². The maximum absolute atomic E-state index is 12.3. The summed E-state index contributed by atoms with van der Waals surface area (Å²) in [6.45, 7) is 0.300. The van der Waals surface area contributed by atoms with Gasteiger partial charge in [-0.25, -0.2) is 24.7 Å². The van der Waals surface area contributed by atoms with Gasteiger partial charge in [0.2, 0.25) is 5.95 Å². The molecule has 4 aromatic heterocycles. The van der Waals surface area contributed by atoms with Crippen LogP contribution in [0.1, 0.15) is 30.3 Å². The van der Waals surface area contributed by atoms with E-state index in [9.17, 15) is 19.2 Å². The number of hydrogen-bond acceptors (Lipinski definition) is 13. The Kier molecular flexibility index (Phi) is 11.0. The van der Waals surface area contributed by atoms with Crippen LogP contribution >= 0.6 is 0 Å². The number of benzene rings is 1. The van der Waals surface area contributed by atoms with Crippen molar-refractivity contribution >= 4 is 57.6 Å². The van der Waals surface area contributed by atoms with Gasteiger partial charge in [-0.1, -0.05) is 0 Å². The van der Waals surface area contributed by atoms with Gasteiger partial charge in [0.15, 0.2) is 28.1 Å². The van der Waals surface area contributed by atoms with Gasteiger partial charge < -0.3 is 43.7 Å². The van der Waals surface area contributed by atoms with Gasteiger partial charge in [0.25, 0.3) is 11.5 Å². The summed E-state index contributed by atoms with van der Waals surface area (Å²) in [5.74, 6) is -2.93. The number of carboxylic acid groups (broad SMARTS) is 2. The molecule has 4 heterocycles. The molecule has 18 nitrogen and oxygen atoms in total. The van der Waals surface area contributed by atoms with Crippen LogP contribution in [0, 0.1) is 0 Å². The SMILES string of the molecule is Nc1nc(N)c2nc(CNc3ccc(C(=O)NC(CCC(=O)O)C(=O)O)cc3)cnc2n1.O=c1[nH]cnc2nc[nH]c12.[H-].[Na+]. The Bertz CT molecular complexity index is 1820. The van der Waals surface area contributed by atoms with Crippen LogP contribution in [0.5, 0.6) is 0 Å². The summed E-state index contributed by atoms with van der Waals surface area (Å²) in [6.07, 6.45) is 3.69. The van der Waals surface area contributed by atoms with E-state index in [1.54, 1.807) is 12.1 Å². The number of nitrogens with two attached hydrogens (primary N) is 2. The van der Waals surface area contributed by atoms with Gasteiger partial charge >= 0.3 is 41.5 Å². The van der Waals surface area contributed by atoms with Crippen molar-refractivity contribution in [2.75, 3.05) is 16.8 Å². The van der Waals surface area contributed by atoms with Crippen molar-refractivity contribution in [1.82, 2.24) is 45.2 Å². The molecule has 1 atom stereocenters. The fourth-order valence-electron chi connectivity index (χ4n) is 3.54. The van der Waals surface area contributed by atoms with Crippen LogP contribution in [-0.4, -0.2) is 74.0 Å². The quantitative estimate of drug-likeness (QED) is 0.0782. The second-order valence-electron chi connectivity index (χ2n) is 8.56. The number of nitrogens with zero attached hydrogens (tertiary/aromatic N) is 6. The molecule has 43 heavy (non-hydrogen) atoms. The summed E-state index contributed by atoms with van der Waals surface area (Å²) in [4.78, 5) is 74.1. The molecule has 1 amide bonds. The molecule has 10 N–H and O–H groups in total. The minimum absolute atomic E-state index is 0. The molecule has 0 bridgehead atoms. The first kappa shape index (κ1) is 32.3. The average Bonchev–Trinajstić information content (AvgIpc) is 3.45. The fraction of sp³-hybridized carbons (Fsp3) is 0.167. The van der Waals surface area contributed by atoms with Crippen molar-refractivity contribution in [2.24, 2.45) is 0 Å². The molecule has 5 aromatic rings. The van der Waals surface area contributed by atoms with Crippen LogP contribution in [0.25, 0.3) is 22.3 Å². The number of H-pyrrole nitrogens is 2. The van der Waals surface area contributed by atoms with E-state index < -0.39 is 23.9 Å². The van der Waals surface area contributed by atoms with Crippen LogP contribution in [-0.2, 0) is 16.1 Å². The molecule has 0 aliphatic heterocycles. The monoisotopic (exact) mass is 600 g/mol. The number of anilines is 3. The molecule has 0 saturated carbocycles. The Hall–Kier alpha value is -5.20. The minimum atomic E-state index is -1.30. The molecule has 0 saturated heterocycles. The maximum atomic E-state index is 12.3. The van der Waals surface area contributed by atoms with Crippen LogP contribution in [0.3, 0.4) is 0 Å². The molecule has 0 aliphatic rings. The predicted molar refractivity (Wildman–Crippen MR) is 149 cm³/mol. The van der Waals surface area contributed by atoms with Crippen molar-refractivity contribution in [2.45, 2.75) is 25.4 Å². The molecule has 0 aliphatic carbocycles. The topological polar surface area (TPSA) is 294 Å². The van der Waals surface area contributed by atoms with Crippen molar-refractivity contribution in [3.05, 3.63) is 64.7 Å². The third-order valence-corrected chi connectivity index (χ3v) is 5.60. The first-order valence-corrected chi connectivity index (χ1v) is 12.1. The predicted octanol–water partition coefficient (Wildman–Crippen LogP) is -2.99. The number of nitrogen functional groups attached to an aromatic ring is 2. The van der Waals surface area contributed by atoms with E-state index in [2.05, 4.69) is 50.5 Å². The van der Waals surface area contributed by atoms with E-state index in [1.165, 1.54) is 31.0 Å². The minimum Gasteiger partial charge on any atom is -1.00 e. The standard InChI is InChI=1S/C19H20N8O5.C5H4N4O.Na.H/c20-15-14-16(27-19(21)26-15)23-8-11(24-14)7-22-10-3-1-9(2-4-10)17(30)25-12(18(31)32)5-6-13(28)29;10-5-3-4(7-1-6-3)8-2-9-5;;/h1-4,8,12,22H,5-7H2,(H,25,30)(H,28,29)(H,31,32)(H4,20,21,23,26,27);1-2H,(H2,6,7,8,9,10);;/q;;+1;-1. The first-order chi connectivity index (χ1) is 20.1. The zero-order valence-corrected chi connectivity index (χ0v) is 24.6. The van der Waals surface area contributed by atoms with Gasteiger partial charge in [-0.05, 0) is 30.7 Å². The number of aliphatic carboxylic acids is 2. The average molecular weight is 601 g/mol. The number of aromatic amines is 2. The molecule has 1 unspecified atom stereocenters. The zero-order valence-electron chi connectivity index (χ0n) is 23.6. The first-order valence-electron chi connectivity index (χ1n) is 12.1. The number of imidazole rings is 1. The maximum Gasteiger partial charge on any atom is 1.00 e. The molecular formula is C24H25N12NaO6. The van der Waals surface area contributed by atoms with Gasteiger partial charge in [0.1, 0.15) is 6.04 Å². The summed E-state index contributed by atoms with van der Waals surface area (Å²) in [5.41, 5.74) is 14.1. The van der Waals surface area contributed by atoms with Crippen molar-refractivity contribution in [1.29, 1.82) is 0 Å². The van der Waals surface area contributed by atoms with Gasteiger partial charge in [0, 0.05) is 17.7 Å². The molecule has 0 fully saturated rings. The van der Waals surface area contributed by atoms with Crippen molar-refractivity contribution in [3.8, 4) is 0 Å². The van der Waals surface area contributed by atoms with Crippen LogP contribution in [0.15, 0.2) is 47.9 Å². The van der Waals surface area contributed by atoms with Gasteiger partial charge in [-0.15, -0.1) is 0 Å². The van der Waals surface area contributed by atoms with Gasteiger partial charge in [0.05, 0.1) is 31.1 Å². The molecule has 0 spiro atoms. The second-order valence-corrected chi connectivity index (χ2v) is 8.56. The number of rotatable bonds is 9.